The molecule has 0 heterocycles. The smallest absolute Gasteiger partial charge is 0.303 e. The normalized spacial score (nSPS) is 10.1. The number of aliphatic carboxylic acids is 1. The van der Waals surface area contributed by atoms with E-state index in [9.17, 15) is 9.18 Å². The Morgan fingerprint density at radius 1 is 1.44 bits per heavy atom. The third kappa shape index (κ3) is 3.88. The number of carbonyl (C=O) groups is 1. The van der Waals surface area contributed by atoms with Crippen LogP contribution in [0.2, 0.25) is 0 Å². The van der Waals surface area contributed by atoms with Gasteiger partial charge in [0.1, 0.15) is 11.6 Å². The number of unbranched alkanes of at least 4 members (excludes halogenated alkanes) is 1. The van der Waals surface area contributed by atoms with E-state index in [-0.39, 0.29) is 12.2 Å². The zero-order valence-corrected chi connectivity index (χ0v) is 9.20. The van der Waals surface area contributed by atoms with Crippen molar-refractivity contribution in [3.8, 4) is 5.75 Å². The van der Waals surface area contributed by atoms with E-state index in [2.05, 4.69) is 0 Å². The molecule has 0 saturated carbocycles. The van der Waals surface area contributed by atoms with Crippen LogP contribution in [-0.2, 0) is 11.2 Å². The van der Waals surface area contributed by atoms with E-state index in [4.69, 9.17) is 9.84 Å². The van der Waals surface area contributed by atoms with Gasteiger partial charge in [0.25, 0.3) is 0 Å². The monoisotopic (exact) mass is 226 g/mol. The SMILES string of the molecule is COc1ccc(F)c(CCCCC(=O)O)c1. The maximum Gasteiger partial charge on any atom is 0.303 e. The fourth-order valence-electron chi connectivity index (χ4n) is 1.46. The van der Waals surface area contributed by atoms with Crippen molar-refractivity contribution in [2.75, 3.05) is 7.11 Å². The fourth-order valence-corrected chi connectivity index (χ4v) is 1.46. The van der Waals surface area contributed by atoms with Crippen LogP contribution in [0.25, 0.3) is 0 Å². The van der Waals surface area contributed by atoms with Gasteiger partial charge in [-0.1, -0.05) is 0 Å². The molecule has 0 fully saturated rings. The average Bonchev–Trinajstić information content (AvgIpc) is 2.26. The molecule has 1 rings (SSSR count). The highest BCUT2D eigenvalue weighted by molar-refractivity contribution is 5.66. The number of hydrogen-bond acceptors (Lipinski definition) is 2. The van der Waals surface area contributed by atoms with Gasteiger partial charge >= 0.3 is 5.97 Å². The molecule has 0 aliphatic rings. The molecule has 0 aromatic heterocycles. The number of carboxylic acids is 1. The van der Waals surface area contributed by atoms with Crippen molar-refractivity contribution in [2.24, 2.45) is 0 Å². The summed E-state index contributed by atoms with van der Waals surface area (Å²) in [7, 11) is 1.53. The first-order valence-corrected chi connectivity index (χ1v) is 5.17. The first-order valence-electron chi connectivity index (χ1n) is 5.17. The van der Waals surface area contributed by atoms with Crippen LogP contribution in [0.1, 0.15) is 24.8 Å². The van der Waals surface area contributed by atoms with Crippen LogP contribution < -0.4 is 4.74 Å². The van der Waals surface area contributed by atoms with E-state index >= 15 is 0 Å². The Morgan fingerprint density at radius 3 is 2.81 bits per heavy atom. The highest BCUT2D eigenvalue weighted by Crippen LogP contribution is 2.18. The third-order valence-electron chi connectivity index (χ3n) is 2.34. The van der Waals surface area contributed by atoms with Gasteiger partial charge in [0.2, 0.25) is 0 Å². The Hall–Kier alpha value is -1.58. The maximum atomic E-state index is 13.3. The van der Waals surface area contributed by atoms with Crippen LogP contribution >= 0.6 is 0 Å². The summed E-state index contributed by atoms with van der Waals surface area (Å²) in [6.45, 7) is 0. The van der Waals surface area contributed by atoms with Gasteiger partial charge in [-0.3, -0.25) is 4.79 Å². The number of benzene rings is 1. The molecule has 88 valence electrons. The second kappa shape index (κ2) is 6.10. The largest absolute Gasteiger partial charge is 0.497 e. The molecule has 0 aliphatic carbocycles. The van der Waals surface area contributed by atoms with Crippen LogP contribution in [0.3, 0.4) is 0 Å². The van der Waals surface area contributed by atoms with Crippen molar-refractivity contribution in [3.05, 3.63) is 29.6 Å². The Balaban J connectivity index is 2.49. The van der Waals surface area contributed by atoms with E-state index in [1.54, 1.807) is 12.1 Å². The van der Waals surface area contributed by atoms with Gasteiger partial charge < -0.3 is 9.84 Å². The zero-order valence-electron chi connectivity index (χ0n) is 9.20. The second-order valence-electron chi connectivity index (χ2n) is 3.56. The topological polar surface area (TPSA) is 46.5 Å². The first kappa shape index (κ1) is 12.5. The first-order chi connectivity index (χ1) is 7.63. The maximum absolute atomic E-state index is 13.3. The van der Waals surface area contributed by atoms with Crippen molar-refractivity contribution >= 4 is 5.97 Å². The standard InChI is InChI=1S/C12H15FO3/c1-16-10-6-7-11(13)9(8-10)4-2-3-5-12(14)15/h6-8H,2-5H2,1H3,(H,14,15). The summed E-state index contributed by atoms with van der Waals surface area (Å²) in [6.07, 6.45) is 1.89. The Kier molecular flexibility index (Phi) is 4.76. The number of halogens is 1. The van der Waals surface area contributed by atoms with E-state index in [0.29, 0.717) is 30.6 Å². The number of carboxylic acid groups (broad SMARTS) is 1. The van der Waals surface area contributed by atoms with Crippen LogP contribution in [0.5, 0.6) is 5.75 Å². The van der Waals surface area contributed by atoms with Gasteiger partial charge in [-0.05, 0) is 43.0 Å². The van der Waals surface area contributed by atoms with Crippen molar-refractivity contribution in [2.45, 2.75) is 25.7 Å². The minimum absolute atomic E-state index is 0.131. The number of aryl methyl sites for hydroxylation is 1. The van der Waals surface area contributed by atoms with E-state index in [1.165, 1.54) is 13.2 Å². The molecule has 0 unspecified atom stereocenters. The van der Waals surface area contributed by atoms with Crippen LogP contribution in [-0.4, -0.2) is 18.2 Å². The summed E-state index contributed by atoms with van der Waals surface area (Å²) in [4.78, 5) is 10.3. The molecular weight excluding hydrogens is 211 g/mol. The summed E-state index contributed by atoms with van der Waals surface area (Å²) >= 11 is 0. The molecular formula is C12H15FO3. The quantitative estimate of drug-likeness (QED) is 0.758. The van der Waals surface area contributed by atoms with E-state index in [0.717, 1.165) is 0 Å². The summed E-state index contributed by atoms with van der Waals surface area (Å²) in [5.41, 5.74) is 0.574. The van der Waals surface area contributed by atoms with Gasteiger partial charge in [-0.25, -0.2) is 4.39 Å². The minimum Gasteiger partial charge on any atom is -0.497 e. The molecule has 0 bridgehead atoms. The lowest BCUT2D eigenvalue weighted by Gasteiger charge is -2.05. The Bertz CT molecular complexity index is 363. The molecule has 0 amide bonds. The number of rotatable bonds is 6. The fraction of sp³-hybridized carbons (Fsp3) is 0.417. The van der Waals surface area contributed by atoms with Crippen molar-refractivity contribution < 1.29 is 19.0 Å². The van der Waals surface area contributed by atoms with E-state index in [1.807, 2.05) is 0 Å². The lowest BCUT2D eigenvalue weighted by molar-refractivity contribution is -0.137. The molecule has 1 aromatic rings. The number of ether oxygens (including phenoxy) is 1. The van der Waals surface area contributed by atoms with E-state index < -0.39 is 5.97 Å². The molecule has 0 spiro atoms. The second-order valence-corrected chi connectivity index (χ2v) is 3.56. The molecule has 1 aromatic carbocycles. The highest BCUT2D eigenvalue weighted by atomic mass is 19.1. The number of methoxy groups -OCH3 is 1. The Labute approximate surface area is 93.9 Å². The predicted octanol–water partition coefficient (Wildman–Crippen LogP) is 2.63. The molecule has 0 saturated heterocycles. The van der Waals surface area contributed by atoms with Crippen molar-refractivity contribution in [1.82, 2.24) is 0 Å². The third-order valence-corrected chi connectivity index (χ3v) is 2.34. The lowest BCUT2D eigenvalue weighted by atomic mass is 10.1. The molecule has 1 N–H and O–H groups in total. The van der Waals surface area contributed by atoms with Gasteiger partial charge in [0, 0.05) is 6.42 Å². The molecule has 0 radical (unpaired) electrons. The minimum atomic E-state index is -0.814. The average molecular weight is 226 g/mol. The molecule has 0 aliphatic heterocycles. The predicted molar refractivity (Wildman–Crippen MR) is 58.1 cm³/mol. The zero-order chi connectivity index (χ0) is 12.0. The van der Waals surface area contributed by atoms with Crippen LogP contribution in [0.4, 0.5) is 4.39 Å². The van der Waals surface area contributed by atoms with Crippen LogP contribution in [0, 0.1) is 5.82 Å². The van der Waals surface area contributed by atoms with Crippen LogP contribution in [0.15, 0.2) is 18.2 Å². The highest BCUT2D eigenvalue weighted by Gasteiger charge is 2.04. The summed E-state index contributed by atoms with van der Waals surface area (Å²) in [5, 5.41) is 8.45. The molecule has 16 heavy (non-hydrogen) atoms. The summed E-state index contributed by atoms with van der Waals surface area (Å²) in [5.74, 6) is -0.461. The summed E-state index contributed by atoms with van der Waals surface area (Å²) in [6, 6.07) is 4.58. The van der Waals surface area contributed by atoms with Crippen molar-refractivity contribution in [3.63, 3.8) is 0 Å². The molecule has 0 atom stereocenters. The van der Waals surface area contributed by atoms with Gasteiger partial charge in [0.05, 0.1) is 7.11 Å². The van der Waals surface area contributed by atoms with Gasteiger partial charge in [0.15, 0.2) is 0 Å². The van der Waals surface area contributed by atoms with Gasteiger partial charge in [-0.2, -0.15) is 0 Å². The van der Waals surface area contributed by atoms with Gasteiger partial charge in [-0.15, -0.1) is 0 Å². The molecule has 3 nitrogen and oxygen atoms in total. The summed E-state index contributed by atoms with van der Waals surface area (Å²) < 4.78 is 18.3. The molecule has 4 heteroatoms. The lowest BCUT2D eigenvalue weighted by Crippen LogP contribution is -1.96. The van der Waals surface area contributed by atoms with Crippen molar-refractivity contribution in [1.29, 1.82) is 0 Å². The Morgan fingerprint density at radius 2 is 2.19 bits per heavy atom. The number of hydrogen-bond donors (Lipinski definition) is 1.